The van der Waals surface area contributed by atoms with Crippen LogP contribution in [-0.2, 0) is 21.3 Å². The van der Waals surface area contributed by atoms with Crippen molar-refractivity contribution in [2.75, 3.05) is 27.2 Å². The average Bonchev–Trinajstić information content (AvgIpc) is 2.40. The maximum absolute atomic E-state index is 13.9. The molecule has 1 aromatic carbocycles. The van der Waals surface area contributed by atoms with Crippen molar-refractivity contribution in [3.63, 3.8) is 0 Å². The zero-order chi connectivity index (χ0) is 16.0. The molecule has 0 heterocycles. The van der Waals surface area contributed by atoms with Crippen molar-refractivity contribution in [3.8, 4) is 0 Å². The second-order valence-corrected chi connectivity index (χ2v) is 7.05. The first-order valence-electron chi connectivity index (χ1n) is 6.80. The Morgan fingerprint density at radius 3 is 2.62 bits per heavy atom. The molecule has 0 saturated heterocycles. The van der Waals surface area contributed by atoms with Gasteiger partial charge in [0.1, 0.15) is 10.7 Å². The molecule has 0 unspecified atom stereocenters. The highest BCUT2D eigenvalue weighted by molar-refractivity contribution is 7.89. The van der Waals surface area contributed by atoms with Gasteiger partial charge in [0.2, 0.25) is 10.0 Å². The van der Waals surface area contributed by atoms with E-state index in [9.17, 15) is 12.8 Å². The molecular formula is C14H23FN2O3S. The Bertz CT molecular complexity index is 561. The standard InChI is InChI=1S/C14H23FN2O3S/c1-11(2)20-8-7-17(4)21(18,19)14-9-12(10-16-3)5-6-13(14)15/h5-6,9,11,16H,7-8,10H2,1-4H3. The molecule has 5 nitrogen and oxygen atoms in total. The fourth-order valence-electron chi connectivity index (χ4n) is 1.76. The van der Waals surface area contributed by atoms with E-state index in [4.69, 9.17) is 4.74 Å². The van der Waals surface area contributed by atoms with Crippen molar-refractivity contribution in [2.45, 2.75) is 31.4 Å². The molecule has 21 heavy (non-hydrogen) atoms. The number of hydrogen-bond donors (Lipinski definition) is 1. The van der Waals surface area contributed by atoms with Gasteiger partial charge in [-0.25, -0.2) is 12.8 Å². The summed E-state index contributed by atoms with van der Waals surface area (Å²) in [6.45, 7) is 4.66. The second-order valence-electron chi connectivity index (χ2n) is 5.04. The van der Waals surface area contributed by atoms with E-state index in [1.54, 1.807) is 13.1 Å². The molecule has 7 heteroatoms. The van der Waals surface area contributed by atoms with Gasteiger partial charge in [-0.15, -0.1) is 0 Å². The summed E-state index contributed by atoms with van der Waals surface area (Å²) in [6, 6.07) is 4.10. The topological polar surface area (TPSA) is 58.6 Å². The molecule has 0 aliphatic heterocycles. The lowest BCUT2D eigenvalue weighted by Gasteiger charge is -2.19. The molecular weight excluding hydrogens is 295 g/mol. The van der Waals surface area contributed by atoms with E-state index < -0.39 is 15.8 Å². The van der Waals surface area contributed by atoms with E-state index in [0.29, 0.717) is 12.1 Å². The molecule has 0 spiro atoms. The average molecular weight is 318 g/mol. The third-order valence-electron chi connectivity index (χ3n) is 2.92. The summed E-state index contributed by atoms with van der Waals surface area (Å²) in [5.41, 5.74) is 0.712. The molecule has 0 aliphatic carbocycles. The Balaban J connectivity index is 2.93. The Labute approximate surface area is 126 Å². The number of nitrogens with zero attached hydrogens (tertiary/aromatic N) is 1. The van der Waals surface area contributed by atoms with Crippen LogP contribution in [0.1, 0.15) is 19.4 Å². The minimum Gasteiger partial charge on any atom is -0.377 e. The van der Waals surface area contributed by atoms with Gasteiger partial charge < -0.3 is 10.1 Å². The van der Waals surface area contributed by atoms with Gasteiger partial charge in [0.25, 0.3) is 0 Å². The Kier molecular flexibility index (Phi) is 6.73. The summed E-state index contributed by atoms with van der Waals surface area (Å²) in [4.78, 5) is -0.303. The highest BCUT2D eigenvalue weighted by Gasteiger charge is 2.24. The van der Waals surface area contributed by atoms with E-state index in [2.05, 4.69) is 5.32 Å². The van der Waals surface area contributed by atoms with Gasteiger partial charge in [0.15, 0.2) is 0 Å². The molecule has 0 radical (unpaired) electrons. The SMILES string of the molecule is CNCc1ccc(F)c(S(=O)(=O)N(C)CCOC(C)C)c1. The Hall–Kier alpha value is -1.02. The smallest absolute Gasteiger partial charge is 0.245 e. The predicted molar refractivity (Wildman–Crippen MR) is 80.1 cm³/mol. The van der Waals surface area contributed by atoms with Gasteiger partial charge in [0.05, 0.1) is 12.7 Å². The van der Waals surface area contributed by atoms with Crippen LogP contribution in [0.4, 0.5) is 4.39 Å². The maximum atomic E-state index is 13.9. The highest BCUT2D eigenvalue weighted by Crippen LogP contribution is 2.20. The van der Waals surface area contributed by atoms with E-state index in [1.807, 2.05) is 13.8 Å². The monoisotopic (exact) mass is 318 g/mol. The molecule has 0 aliphatic rings. The number of rotatable bonds is 8. The zero-order valence-electron chi connectivity index (χ0n) is 12.9. The first kappa shape index (κ1) is 18.0. The molecule has 1 aromatic rings. The minimum atomic E-state index is -3.86. The van der Waals surface area contributed by atoms with Gasteiger partial charge in [-0.3, -0.25) is 0 Å². The van der Waals surface area contributed by atoms with Crippen LogP contribution in [0.25, 0.3) is 0 Å². The number of likely N-dealkylation sites (N-methyl/N-ethyl adjacent to an activating group) is 1. The van der Waals surface area contributed by atoms with Crippen LogP contribution in [0.2, 0.25) is 0 Å². The summed E-state index contributed by atoms with van der Waals surface area (Å²) in [5.74, 6) is -0.744. The van der Waals surface area contributed by atoms with Gasteiger partial charge in [0, 0.05) is 20.1 Å². The number of nitrogens with one attached hydrogen (secondary N) is 1. The van der Waals surface area contributed by atoms with Crippen LogP contribution in [0.3, 0.4) is 0 Å². The third kappa shape index (κ3) is 5.03. The van der Waals surface area contributed by atoms with Crippen molar-refractivity contribution >= 4 is 10.0 Å². The quantitative estimate of drug-likeness (QED) is 0.791. The lowest BCUT2D eigenvalue weighted by molar-refractivity contribution is 0.0737. The summed E-state index contributed by atoms with van der Waals surface area (Å²) in [6.07, 6.45) is 0.0248. The lowest BCUT2D eigenvalue weighted by atomic mass is 10.2. The predicted octanol–water partition coefficient (Wildman–Crippen LogP) is 1.59. The molecule has 1 rings (SSSR count). The number of sulfonamides is 1. The summed E-state index contributed by atoms with van der Waals surface area (Å²) in [5, 5.41) is 2.91. The van der Waals surface area contributed by atoms with Gasteiger partial charge >= 0.3 is 0 Å². The van der Waals surface area contributed by atoms with Crippen LogP contribution >= 0.6 is 0 Å². The van der Waals surface area contributed by atoms with Gasteiger partial charge in [-0.2, -0.15) is 4.31 Å². The maximum Gasteiger partial charge on any atom is 0.245 e. The summed E-state index contributed by atoms with van der Waals surface area (Å²) >= 11 is 0. The van der Waals surface area contributed by atoms with Crippen LogP contribution in [0, 0.1) is 5.82 Å². The van der Waals surface area contributed by atoms with Crippen molar-refractivity contribution in [1.29, 1.82) is 0 Å². The van der Waals surface area contributed by atoms with E-state index in [1.165, 1.54) is 19.2 Å². The Morgan fingerprint density at radius 1 is 1.38 bits per heavy atom. The minimum absolute atomic E-state index is 0.0248. The van der Waals surface area contributed by atoms with Crippen molar-refractivity contribution in [2.24, 2.45) is 0 Å². The molecule has 120 valence electrons. The first-order valence-corrected chi connectivity index (χ1v) is 8.24. The highest BCUT2D eigenvalue weighted by atomic mass is 32.2. The second kappa shape index (κ2) is 7.84. The van der Waals surface area contributed by atoms with Crippen molar-refractivity contribution in [1.82, 2.24) is 9.62 Å². The fourth-order valence-corrected chi connectivity index (χ4v) is 3.03. The molecule has 0 atom stereocenters. The molecule has 0 aromatic heterocycles. The molecule has 0 saturated carbocycles. The van der Waals surface area contributed by atoms with Crippen LogP contribution in [0.5, 0.6) is 0 Å². The number of halogens is 1. The fraction of sp³-hybridized carbons (Fsp3) is 0.571. The van der Waals surface area contributed by atoms with E-state index in [-0.39, 0.29) is 24.2 Å². The number of ether oxygens (including phenoxy) is 1. The van der Waals surface area contributed by atoms with Gasteiger partial charge in [-0.1, -0.05) is 6.07 Å². The first-order chi connectivity index (χ1) is 9.78. The van der Waals surface area contributed by atoms with Crippen LogP contribution in [-0.4, -0.2) is 46.1 Å². The Morgan fingerprint density at radius 2 is 2.05 bits per heavy atom. The third-order valence-corrected chi connectivity index (χ3v) is 4.79. The lowest BCUT2D eigenvalue weighted by Crippen LogP contribution is -2.31. The zero-order valence-corrected chi connectivity index (χ0v) is 13.7. The number of benzene rings is 1. The largest absolute Gasteiger partial charge is 0.377 e. The van der Waals surface area contributed by atoms with Crippen molar-refractivity contribution < 1.29 is 17.5 Å². The normalized spacial score (nSPS) is 12.3. The molecule has 0 fully saturated rings. The summed E-state index contributed by atoms with van der Waals surface area (Å²) < 4.78 is 45.1. The molecule has 1 N–H and O–H groups in total. The number of hydrogen-bond acceptors (Lipinski definition) is 4. The van der Waals surface area contributed by atoms with E-state index in [0.717, 1.165) is 4.31 Å². The van der Waals surface area contributed by atoms with Crippen LogP contribution in [0.15, 0.2) is 23.1 Å². The van der Waals surface area contributed by atoms with Crippen LogP contribution < -0.4 is 5.32 Å². The molecule has 0 amide bonds. The van der Waals surface area contributed by atoms with E-state index >= 15 is 0 Å². The van der Waals surface area contributed by atoms with Crippen molar-refractivity contribution in [3.05, 3.63) is 29.6 Å². The van der Waals surface area contributed by atoms with Gasteiger partial charge in [-0.05, 0) is 38.6 Å². The summed E-state index contributed by atoms with van der Waals surface area (Å²) in [7, 11) is -0.695. The molecule has 0 bridgehead atoms.